The highest BCUT2D eigenvalue weighted by molar-refractivity contribution is 6.93. The van der Waals surface area contributed by atoms with Crippen molar-refractivity contribution in [3.05, 3.63) is 49.1 Å². The summed E-state index contributed by atoms with van der Waals surface area (Å²) < 4.78 is 0. The van der Waals surface area contributed by atoms with Gasteiger partial charge in [0, 0.05) is 9.52 Å². The molecule has 0 aromatic carbocycles. The molecule has 0 N–H and O–H groups in total. The van der Waals surface area contributed by atoms with E-state index < -0.39 is 8.07 Å². The third kappa shape index (κ3) is 3.19. The Balaban J connectivity index is 4.10. The van der Waals surface area contributed by atoms with Crippen LogP contribution in [0.15, 0.2) is 49.1 Å². The minimum Gasteiger partial charge on any atom is -0.109 e. The van der Waals surface area contributed by atoms with E-state index in [4.69, 9.17) is 0 Å². The SMILES string of the molecule is C=C[SiH2]CC[Si](C=C)(C=C)C=C. The van der Waals surface area contributed by atoms with E-state index in [2.05, 4.69) is 49.1 Å². The summed E-state index contributed by atoms with van der Waals surface area (Å²) in [5.41, 5.74) is 8.27. The fourth-order valence-corrected chi connectivity index (χ4v) is 5.78. The smallest absolute Gasteiger partial charge is 0.109 e. The minimum atomic E-state index is -1.48. The Morgan fingerprint density at radius 1 is 1.00 bits per heavy atom. The first-order chi connectivity index (χ1) is 5.74. The van der Waals surface area contributed by atoms with Crippen LogP contribution in [0.4, 0.5) is 0 Å². The van der Waals surface area contributed by atoms with E-state index in [0.717, 1.165) is 0 Å². The highest BCUT2D eigenvalue weighted by Crippen LogP contribution is 2.16. The second-order valence-electron chi connectivity index (χ2n) is 2.91. The number of hydrogen-bond donors (Lipinski definition) is 0. The van der Waals surface area contributed by atoms with Crippen LogP contribution >= 0.6 is 0 Å². The van der Waals surface area contributed by atoms with Crippen molar-refractivity contribution in [3.63, 3.8) is 0 Å². The fourth-order valence-electron chi connectivity index (χ4n) is 1.11. The van der Waals surface area contributed by atoms with Crippen molar-refractivity contribution in [1.82, 2.24) is 0 Å². The van der Waals surface area contributed by atoms with Crippen LogP contribution in [0, 0.1) is 0 Å². The lowest BCUT2D eigenvalue weighted by Gasteiger charge is -2.18. The minimum absolute atomic E-state index is 0.0308. The van der Waals surface area contributed by atoms with Gasteiger partial charge in [0.2, 0.25) is 0 Å². The summed E-state index contributed by atoms with van der Waals surface area (Å²) in [5.74, 6) is 0. The average molecular weight is 194 g/mol. The molecule has 0 amide bonds. The molecule has 0 spiro atoms. The highest BCUT2D eigenvalue weighted by Gasteiger charge is 2.19. The summed E-state index contributed by atoms with van der Waals surface area (Å²) in [7, 11) is -1.51. The molecule has 0 aliphatic carbocycles. The Hall–Kier alpha value is -0.606. The molecule has 66 valence electrons. The van der Waals surface area contributed by atoms with Crippen molar-refractivity contribution < 1.29 is 0 Å². The molecule has 0 saturated carbocycles. The van der Waals surface area contributed by atoms with Gasteiger partial charge in [0.25, 0.3) is 0 Å². The molecule has 2 heteroatoms. The molecule has 0 saturated heterocycles. The zero-order valence-electron chi connectivity index (χ0n) is 7.76. The number of hydrogen-bond acceptors (Lipinski definition) is 0. The maximum Gasteiger partial charge on any atom is 0.124 e. The van der Waals surface area contributed by atoms with Gasteiger partial charge in [0.15, 0.2) is 0 Å². The van der Waals surface area contributed by atoms with E-state index in [0.29, 0.717) is 0 Å². The summed E-state index contributed by atoms with van der Waals surface area (Å²) in [6, 6.07) is 2.53. The Bertz CT molecular complexity index is 161. The second-order valence-corrected chi connectivity index (χ2v) is 8.72. The average Bonchev–Trinajstić information content (AvgIpc) is 2.14. The van der Waals surface area contributed by atoms with E-state index in [-0.39, 0.29) is 9.52 Å². The molecule has 0 aliphatic rings. The van der Waals surface area contributed by atoms with Gasteiger partial charge in [0.1, 0.15) is 8.07 Å². The molecule has 0 aromatic heterocycles. The maximum atomic E-state index is 3.86. The van der Waals surface area contributed by atoms with Gasteiger partial charge in [-0.2, -0.15) is 0 Å². The van der Waals surface area contributed by atoms with E-state index in [1.807, 2.05) is 0 Å². The van der Waals surface area contributed by atoms with Gasteiger partial charge < -0.3 is 0 Å². The molecule has 0 bridgehead atoms. The van der Waals surface area contributed by atoms with Gasteiger partial charge in [-0.15, -0.1) is 32.0 Å². The zero-order chi connectivity index (χ0) is 9.45. The summed E-state index contributed by atoms with van der Waals surface area (Å²) >= 11 is 0. The highest BCUT2D eigenvalue weighted by atomic mass is 28.3. The van der Waals surface area contributed by atoms with Crippen LogP contribution in [0.3, 0.4) is 0 Å². The van der Waals surface area contributed by atoms with Crippen LogP contribution in [0.1, 0.15) is 0 Å². The lowest BCUT2D eigenvalue weighted by molar-refractivity contribution is 1.38. The largest absolute Gasteiger partial charge is 0.124 e. The van der Waals surface area contributed by atoms with Crippen LogP contribution in [-0.4, -0.2) is 17.6 Å². The quantitative estimate of drug-likeness (QED) is 0.431. The predicted octanol–water partition coefficient (Wildman–Crippen LogP) is 2.34. The Kier molecular flexibility index (Phi) is 5.67. The molecule has 12 heavy (non-hydrogen) atoms. The standard InChI is InChI=1S/C10H18Si2/c1-5-11-9-10-12(6-2,7-3)8-4/h5-8H,1-4,9-11H2. The van der Waals surface area contributed by atoms with Crippen molar-refractivity contribution in [2.45, 2.75) is 12.1 Å². The molecular weight excluding hydrogens is 176 g/mol. The van der Waals surface area contributed by atoms with Gasteiger partial charge in [-0.1, -0.05) is 23.1 Å². The van der Waals surface area contributed by atoms with Gasteiger partial charge in [0.05, 0.1) is 0 Å². The van der Waals surface area contributed by atoms with Gasteiger partial charge >= 0.3 is 0 Å². The van der Waals surface area contributed by atoms with Crippen molar-refractivity contribution in [2.24, 2.45) is 0 Å². The van der Waals surface area contributed by atoms with Crippen LogP contribution in [0.5, 0.6) is 0 Å². The third-order valence-electron chi connectivity index (χ3n) is 2.16. The zero-order valence-corrected chi connectivity index (χ0v) is 10.2. The van der Waals surface area contributed by atoms with E-state index in [1.165, 1.54) is 12.1 Å². The summed E-state index contributed by atoms with van der Waals surface area (Å²) in [4.78, 5) is 0. The number of rotatable bonds is 7. The molecule has 0 unspecified atom stereocenters. The van der Waals surface area contributed by atoms with Crippen molar-refractivity contribution in [1.29, 1.82) is 0 Å². The van der Waals surface area contributed by atoms with E-state index >= 15 is 0 Å². The topological polar surface area (TPSA) is 0 Å². The fraction of sp³-hybridized carbons (Fsp3) is 0.200. The van der Waals surface area contributed by atoms with Gasteiger partial charge in [-0.25, -0.2) is 0 Å². The van der Waals surface area contributed by atoms with Crippen molar-refractivity contribution in [2.75, 3.05) is 0 Å². The first kappa shape index (κ1) is 11.4. The van der Waals surface area contributed by atoms with E-state index in [1.54, 1.807) is 0 Å². The van der Waals surface area contributed by atoms with Gasteiger partial charge in [-0.3, -0.25) is 0 Å². The second kappa shape index (κ2) is 5.97. The molecule has 0 heterocycles. The summed E-state index contributed by atoms with van der Waals surface area (Å²) in [6.45, 7) is 15.3. The Morgan fingerprint density at radius 3 is 1.83 bits per heavy atom. The van der Waals surface area contributed by atoms with Crippen LogP contribution < -0.4 is 0 Å². The van der Waals surface area contributed by atoms with Crippen LogP contribution in [-0.2, 0) is 0 Å². The molecule has 0 nitrogen and oxygen atoms in total. The van der Waals surface area contributed by atoms with E-state index in [9.17, 15) is 0 Å². The molecule has 0 rings (SSSR count). The maximum absolute atomic E-state index is 3.86. The Morgan fingerprint density at radius 2 is 1.50 bits per heavy atom. The lowest BCUT2D eigenvalue weighted by atomic mass is 10.9. The first-order valence-electron chi connectivity index (χ1n) is 4.26. The third-order valence-corrected chi connectivity index (χ3v) is 7.54. The normalized spacial score (nSPS) is 11.3. The van der Waals surface area contributed by atoms with Gasteiger partial charge in [-0.05, 0) is 6.04 Å². The molecule has 0 atom stereocenters. The van der Waals surface area contributed by atoms with Crippen molar-refractivity contribution >= 4 is 17.6 Å². The van der Waals surface area contributed by atoms with Crippen LogP contribution in [0.25, 0.3) is 0 Å². The Labute approximate surface area is 79.2 Å². The molecule has 0 radical (unpaired) electrons. The molecule has 0 aromatic rings. The lowest BCUT2D eigenvalue weighted by Crippen LogP contribution is -2.26. The van der Waals surface area contributed by atoms with Crippen molar-refractivity contribution in [3.8, 4) is 0 Å². The summed E-state index contributed by atoms with van der Waals surface area (Å²) in [6.07, 6.45) is 0. The molecule has 0 aliphatic heterocycles. The molecular formula is C10H18Si2. The monoisotopic (exact) mass is 194 g/mol. The predicted molar refractivity (Wildman–Crippen MR) is 64.7 cm³/mol. The first-order valence-corrected chi connectivity index (χ1v) is 8.52. The molecule has 0 fully saturated rings. The van der Waals surface area contributed by atoms with Crippen LogP contribution in [0.2, 0.25) is 12.1 Å². The summed E-state index contributed by atoms with van der Waals surface area (Å²) in [5, 5.41) is 0.